The highest BCUT2D eigenvalue weighted by Crippen LogP contribution is 2.37. The van der Waals surface area contributed by atoms with Crippen LogP contribution in [0.3, 0.4) is 0 Å². The van der Waals surface area contributed by atoms with Crippen molar-refractivity contribution in [1.82, 2.24) is 13.1 Å². The Labute approximate surface area is 185 Å². The topological polar surface area (TPSA) is 121 Å². The van der Waals surface area contributed by atoms with Crippen molar-refractivity contribution in [1.29, 1.82) is 0 Å². The van der Waals surface area contributed by atoms with E-state index in [-0.39, 0.29) is 22.4 Å². The number of hydrogen-bond acceptors (Lipinski definition) is 9. The van der Waals surface area contributed by atoms with E-state index in [4.69, 9.17) is 4.42 Å². The summed E-state index contributed by atoms with van der Waals surface area (Å²) in [6.45, 7) is 4.92. The lowest BCUT2D eigenvalue weighted by Crippen LogP contribution is -2.28. The molecule has 3 aromatic rings. The van der Waals surface area contributed by atoms with Gasteiger partial charge < -0.3 is 20.2 Å². The maximum absolute atomic E-state index is 12.9. The second kappa shape index (κ2) is 8.85. The van der Waals surface area contributed by atoms with Crippen molar-refractivity contribution in [3.63, 3.8) is 0 Å². The molecule has 0 radical (unpaired) electrons. The molecule has 1 fully saturated rings. The van der Waals surface area contributed by atoms with Gasteiger partial charge in [-0.25, -0.2) is 8.42 Å². The van der Waals surface area contributed by atoms with Gasteiger partial charge >= 0.3 is 0 Å². The van der Waals surface area contributed by atoms with Crippen LogP contribution in [0.15, 0.2) is 39.8 Å². The highest BCUT2D eigenvalue weighted by molar-refractivity contribution is 7.89. The van der Waals surface area contributed by atoms with Crippen molar-refractivity contribution in [2.75, 3.05) is 23.7 Å². The van der Waals surface area contributed by atoms with E-state index in [2.05, 4.69) is 19.4 Å². The second-order valence-electron chi connectivity index (χ2n) is 7.48. The van der Waals surface area contributed by atoms with E-state index in [0.29, 0.717) is 24.7 Å². The van der Waals surface area contributed by atoms with Crippen molar-refractivity contribution in [2.45, 2.75) is 44.0 Å². The SMILES string of the molecule is CC[C@@H](Nc1nsnc1Nc1cccc(S(=O)(=O)N2CCCC2)c1O)c1cc(C)co1. The summed E-state index contributed by atoms with van der Waals surface area (Å²) in [4.78, 5) is -0.116. The molecule has 31 heavy (non-hydrogen) atoms. The zero-order valence-electron chi connectivity index (χ0n) is 17.3. The van der Waals surface area contributed by atoms with Gasteiger partial charge in [-0.3, -0.25) is 0 Å². The number of nitrogens with one attached hydrogen (secondary N) is 2. The number of phenols is 1. The van der Waals surface area contributed by atoms with Crippen molar-refractivity contribution in [2.24, 2.45) is 0 Å². The third-order valence-electron chi connectivity index (χ3n) is 5.24. The van der Waals surface area contributed by atoms with E-state index in [1.165, 1.54) is 10.4 Å². The lowest BCUT2D eigenvalue weighted by atomic mass is 10.1. The fourth-order valence-corrected chi connectivity index (χ4v) is 5.66. The summed E-state index contributed by atoms with van der Waals surface area (Å²) in [6, 6.07) is 6.48. The monoisotopic (exact) mass is 463 g/mol. The van der Waals surface area contributed by atoms with Crippen molar-refractivity contribution in [3.8, 4) is 5.75 Å². The number of aromatic hydroxyl groups is 1. The Kier molecular flexibility index (Phi) is 6.17. The summed E-state index contributed by atoms with van der Waals surface area (Å²) in [5.74, 6) is 1.36. The van der Waals surface area contributed by atoms with E-state index >= 15 is 0 Å². The first-order valence-electron chi connectivity index (χ1n) is 10.1. The van der Waals surface area contributed by atoms with Crippen LogP contribution in [0.4, 0.5) is 17.3 Å². The fourth-order valence-electron chi connectivity index (χ4n) is 3.57. The minimum Gasteiger partial charge on any atom is -0.504 e. The number of nitrogens with zero attached hydrogens (tertiary/aromatic N) is 3. The molecule has 0 saturated carbocycles. The first kappa shape index (κ1) is 21.6. The van der Waals surface area contributed by atoms with Crippen LogP contribution in [-0.4, -0.2) is 39.7 Å². The van der Waals surface area contributed by atoms with E-state index in [1.54, 1.807) is 18.4 Å². The molecule has 1 aromatic carbocycles. The number of sulfonamides is 1. The van der Waals surface area contributed by atoms with Crippen LogP contribution in [0.1, 0.15) is 43.6 Å². The molecule has 0 spiro atoms. The Balaban J connectivity index is 1.58. The average molecular weight is 464 g/mol. The van der Waals surface area contributed by atoms with Crippen LogP contribution in [0.5, 0.6) is 5.75 Å². The van der Waals surface area contributed by atoms with Gasteiger partial charge in [-0.15, -0.1) is 0 Å². The summed E-state index contributed by atoms with van der Waals surface area (Å²) in [5, 5.41) is 17.1. The molecule has 1 saturated heterocycles. The number of furan rings is 1. The summed E-state index contributed by atoms with van der Waals surface area (Å²) < 4.78 is 41.4. The van der Waals surface area contributed by atoms with E-state index < -0.39 is 10.0 Å². The van der Waals surface area contributed by atoms with Crippen LogP contribution in [0, 0.1) is 6.92 Å². The molecular weight excluding hydrogens is 438 g/mol. The van der Waals surface area contributed by atoms with Crippen LogP contribution >= 0.6 is 11.7 Å². The molecule has 4 rings (SSSR count). The summed E-state index contributed by atoms with van der Waals surface area (Å²) >= 11 is 1.01. The first-order valence-corrected chi connectivity index (χ1v) is 12.3. The quantitative estimate of drug-likeness (QED) is 0.424. The van der Waals surface area contributed by atoms with Crippen LogP contribution < -0.4 is 10.6 Å². The number of phenolic OH excluding ortho intramolecular Hbond substituents is 1. The normalized spacial score (nSPS) is 15.8. The Bertz CT molecular complexity index is 1150. The van der Waals surface area contributed by atoms with Gasteiger partial charge in [-0.2, -0.15) is 13.1 Å². The van der Waals surface area contributed by atoms with E-state index in [0.717, 1.165) is 42.3 Å². The van der Waals surface area contributed by atoms with E-state index in [1.807, 2.05) is 19.9 Å². The molecule has 0 unspecified atom stereocenters. The molecule has 1 aliphatic heterocycles. The summed E-state index contributed by atoms with van der Waals surface area (Å²) in [6.07, 6.45) is 4.11. The zero-order chi connectivity index (χ0) is 22.0. The third-order valence-corrected chi connectivity index (χ3v) is 7.70. The van der Waals surface area contributed by atoms with Gasteiger partial charge in [0, 0.05) is 13.1 Å². The highest BCUT2D eigenvalue weighted by Gasteiger charge is 2.30. The van der Waals surface area contributed by atoms with Crippen LogP contribution in [0.2, 0.25) is 0 Å². The molecule has 0 aliphatic carbocycles. The standard InChI is InChI=1S/C20H25N5O4S2/c1-3-14(16-11-13(2)12-29-16)21-19-20(24-30-23-19)22-15-7-6-8-17(18(15)26)31(27,28)25-9-4-5-10-25/h6-8,11-12,14,26H,3-5,9-10H2,1-2H3,(H,21,23)(H,22,24)/t14-/m1/s1. The molecule has 9 nitrogen and oxygen atoms in total. The number of aryl methyl sites for hydroxylation is 1. The molecule has 3 N–H and O–H groups in total. The second-order valence-corrected chi connectivity index (χ2v) is 9.92. The van der Waals surface area contributed by atoms with Crippen molar-refractivity contribution in [3.05, 3.63) is 41.9 Å². The number of hydrogen-bond donors (Lipinski definition) is 3. The highest BCUT2D eigenvalue weighted by atomic mass is 32.2. The molecular formula is C20H25N5O4S2. The maximum atomic E-state index is 12.9. The van der Waals surface area contributed by atoms with Gasteiger partial charge in [0.2, 0.25) is 10.0 Å². The molecule has 3 heterocycles. The summed E-state index contributed by atoms with van der Waals surface area (Å²) in [7, 11) is -3.76. The Morgan fingerprint density at radius 2 is 2.00 bits per heavy atom. The Morgan fingerprint density at radius 1 is 1.26 bits per heavy atom. The molecule has 0 bridgehead atoms. The average Bonchev–Trinajstić information content (AvgIpc) is 3.50. The van der Waals surface area contributed by atoms with Gasteiger partial charge in [-0.05, 0) is 49.9 Å². The Hall–Kier alpha value is -2.63. The van der Waals surface area contributed by atoms with E-state index in [9.17, 15) is 13.5 Å². The lowest BCUT2D eigenvalue weighted by Gasteiger charge is -2.18. The minimum atomic E-state index is -3.76. The van der Waals surface area contributed by atoms with Crippen LogP contribution in [0.25, 0.3) is 0 Å². The Morgan fingerprint density at radius 3 is 2.68 bits per heavy atom. The lowest BCUT2D eigenvalue weighted by molar-refractivity contribution is 0.445. The molecule has 0 amide bonds. The van der Waals surface area contributed by atoms with Crippen molar-refractivity contribution >= 4 is 39.1 Å². The summed E-state index contributed by atoms with van der Waals surface area (Å²) in [5.41, 5.74) is 1.28. The van der Waals surface area contributed by atoms with Gasteiger partial charge in [0.1, 0.15) is 10.7 Å². The van der Waals surface area contributed by atoms with Gasteiger partial charge in [-0.1, -0.05) is 13.0 Å². The van der Waals surface area contributed by atoms with Crippen LogP contribution in [-0.2, 0) is 10.0 Å². The van der Waals surface area contributed by atoms with Crippen molar-refractivity contribution < 1.29 is 17.9 Å². The van der Waals surface area contributed by atoms with Gasteiger partial charge in [0.05, 0.1) is 29.7 Å². The fraction of sp³-hybridized carbons (Fsp3) is 0.400. The molecule has 1 aliphatic rings. The third kappa shape index (κ3) is 4.39. The molecule has 1 atom stereocenters. The molecule has 11 heteroatoms. The molecule has 166 valence electrons. The molecule has 2 aromatic heterocycles. The predicted octanol–water partition coefficient (Wildman–Crippen LogP) is 4.24. The number of benzene rings is 1. The van der Waals surface area contributed by atoms with Gasteiger partial charge in [0.25, 0.3) is 0 Å². The first-order chi connectivity index (χ1) is 14.9. The smallest absolute Gasteiger partial charge is 0.246 e. The number of rotatable bonds is 8. The minimum absolute atomic E-state index is 0.103. The predicted molar refractivity (Wildman–Crippen MR) is 119 cm³/mol. The number of para-hydroxylation sites is 1. The van der Waals surface area contributed by atoms with Gasteiger partial charge in [0.15, 0.2) is 17.4 Å². The maximum Gasteiger partial charge on any atom is 0.246 e. The largest absolute Gasteiger partial charge is 0.504 e. The number of anilines is 3. The zero-order valence-corrected chi connectivity index (χ0v) is 19.0. The number of aromatic nitrogens is 2.